The van der Waals surface area contributed by atoms with Gasteiger partial charge in [0.05, 0.1) is 22.4 Å². The van der Waals surface area contributed by atoms with Crippen molar-refractivity contribution < 1.29 is 0 Å². The second kappa shape index (κ2) is 15.5. The van der Waals surface area contributed by atoms with Gasteiger partial charge >= 0.3 is 0 Å². The normalized spacial score (nSPS) is 11.6. The van der Waals surface area contributed by atoms with Gasteiger partial charge in [-0.2, -0.15) is 0 Å². The molecule has 0 amide bonds. The highest BCUT2D eigenvalue weighted by molar-refractivity contribution is 6.18. The van der Waals surface area contributed by atoms with Gasteiger partial charge in [-0.1, -0.05) is 194 Å². The summed E-state index contributed by atoms with van der Waals surface area (Å²) in [5.74, 6) is 0. The molecule has 0 radical (unpaired) electrons. The molecule has 12 aromatic carbocycles. The molecule has 1 heterocycles. The second-order valence-corrected chi connectivity index (χ2v) is 17.2. The predicted molar refractivity (Wildman–Crippen MR) is 282 cm³/mol. The molecule has 0 aliphatic rings. The van der Waals surface area contributed by atoms with Gasteiger partial charge in [0, 0.05) is 33.1 Å². The van der Waals surface area contributed by atoms with Crippen molar-refractivity contribution in [1.82, 2.24) is 4.57 Å². The lowest BCUT2D eigenvalue weighted by Crippen LogP contribution is -2.12. The number of hydrogen-bond donors (Lipinski definition) is 0. The molecule has 1 aromatic heterocycles. The molecule has 0 bridgehead atoms. The Morgan fingerprint density at radius 2 is 0.803 bits per heavy atom. The Morgan fingerprint density at radius 3 is 1.56 bits per heavy atom. The van der Waals surface area contributed by atoms with Crippen molar-refractivity contribution in [2.75, 3.05) is 4.90 Å². The van der Waals surface area contributed by atoms with E-state index in [2.05, 4.69) is 264 Å². The minimum absolute atomic E-state index is 1.09. The Kier molecular flexibility index (Phi) is 8.89. The van der Waals surface area contributed by atoms with Gasteiger partial charge < -0.3 is 9.47 Å². The Hall–Kier alpha value is -8.72. The first kappa shape index (κ1) is 37.8. The van der Waals surface area contributed by atoms with E-state index in [1.54, 1.807) is 0 Å². The lowest BCUT2D eigenvalue weighted by atomic mass is 9.93. The minimum atomic E-state index is 1.09. The highest BCUT2D eigenvalue weighted by atomic mass is 15.1. The summed E-state index contributed by atoms with van der Waals surface area (Å²) >= 11 is 0. The summed E-state index contributed by atoms with van der Waals surface area (Å²) in [4.78, 5) is 2.48. The Morgan fingerprint density at radius 1 is 0.273 bits per heavy atom. The third-order valence-corrected chi connectivity index (χ3v) is 13.5. The largest absolute Gasteiger partial charge is 0.309 e. The van der Waals surface area contributed by atoms with Gasteiger partial charge in [0.2, 0.25) is 0 Å². The van der Waals surface area contributed by atoms with Gasteiger partial charge in [-0.15, -0.1) is 0 Å². The van der Waals surface area contributed by atoms with Crippen LogP contribution in [0.5, 0.6) is 0 Å². The van der Waals surface area contributed by atoms with Crippen LogP contribution in [0, 0.1) is 0 Å². The van der Waals surface area contributed by atoms with E-state index < -0.39 is 0 Å². The SMILES string of the molecule is c1ccc(-n2c3ccccc3c3c(-c4cccc(-c5ccccc5N(c5ccc(-c6cc7ccccc7c7ccccc67)cc5)c5cc6ccccc6c6ccccc56)c4)cccc32)cc1. The first-order valence-corrected chi connectivity index (χ1v) is 22.8. The van der Waals surface area contributed by atoms with Gasteiger partial charge in [0.1, 0.15) is 0 Å². The standard InChI is InChI=1S/C64H42N2/c1-2-22-48(23-3-1)65-61-34-15-13-31-58(61)64-53(32-17-35-62(64)65)45-21-16-20-44(40-45)52-26-12-14-33-60(52)66(63-42-47-19-5-7-25-51(47)55-28-10-11-30-57(55)63)49-38-36-43(37-39-49)59-41-46-18-4-6-24-50(46)54-27-8-9-29-56(54)59/h1-42H. The van der Waals surface area contributed by atoms with Crippen molar-refractivity contribution in [2.24, 2.45) is 0 Å². The molecule has 66 heavy (non-hydrogen) atoms. The van der Waals surface area contributed by atoms with Crippen molar-refractivity contribution in [3.05, 3.63) is 255 Å². The van der Waals surface area contributed by atoms with Crippen LogP contribution in [0.4, 0.5) is 17.1 Å². The molecule has 0 unspecified atom stereocenters. The number of aromatic nitrogens is 1. The highest BCUT2D eigenvalue weighted by Gasteiger charge is 2.22. The van der Waals surface area contributed by atoms with Gasteiger partial charge in [-0.25, -0.2) is 0 Å². The first-order valence-electron chi connectivity index (χ1n) is 22.8. The molecule has 0 aliphatic heterocycles. The van der Waals surface area contributed by atoms with Gasteiger partial charge in [0.25, 0.3) is 0 Å². The molecule has 0 N–H and O–H groups in total. The summed E-state index contributed by atoms with van der Waals surface area (Å²) < 4.78 is 2.40. The van der Waals surface area contributed by atoms with E-state index in [4.69, 9.17) is 0 Å². The summed E-state index contributed by atoms with van der Waals surface area (Å²) in [6.07, 6.45) is 0. The summed E-state index contributed by atoms with van der Waals surface area (Å²) in [6.45, 7) is 0. The molecule has 0 saturated carbocycles. The van der Waals surface area contributed by atoms with Gasteiger partial charge in [0.15, 0.2) is 0 Å². The van der Waals surface area contributed by atoms with Crippen LogP contribution < -0.4 is 4.90 Å². The lowest BCUT2D eigenvalue weighted by molar-refractivity contribution is 1.18. The maximum absolute atomic E-state index is 2.48. The first-order chi connectivity index (χ1) is 32.8. The summed E-state index contributed by atoms with van der Waals surface area (Å²) in [7, 11) is 0. The quantitative estimate of drug-likeness (QED) is 0.145. The number of hydrogen-bond acceptors (Lipinski definition) is 1. The molecular weight excluding hydrogens is 797 g/mol. The van der Waals surface area contributed by atoms with E-state index in [0.717, 1.165) is 33.9 Å². The molecule has 2 heteroatoms. The monoisotopic (exact) mass is 838 g/mol. The Balaban J connectivity index is 1.01. The molecule has 13 rings (SSSR count). The summed E-state index contributed by atoms with van der Waals surface area (Å²) in [5.41, 5.74) is 14.0. The molecule has 0 spiro atoms. The van der Waals surface area contributed by atoms with Crippen molar-refractivity contribution in [3.8, 4) is 39.1 Å². The van der Waals surface area contributed by atoms with Gasteiger partial charge in [-0.05, 0) is 126 Å². The number of benzene rings is 12. The predicted octanol–water partition coefficient (Wildman–Crippen LogP) is 17.9. The molecule has 0 fully saturated rings. The molecule has 2 nitrogen and oxygen atoms in total. The maximum atomic E-state index is 2.48. The average molecular weight is 839 g/mol. The fourth-order valence-electron chi connectivity index (χ4n) is 10.6. The second-order valence-electron chi connectivity index (χ2n) is 17.2. The molecule has 308 valence electrons. The van der Waals surface area contributed by atoms with E-state index in [0.29, 0.717) is 0 Å². The zero-order valence-corrected chi connectivity index (χ0v) is 36.1. The van der Waals surface area contributed by atoms with Crippen LogP contribution in [-0.4, -0.2) is 4.57 Å². The maximum Gasteiger partial charge on any atom is 0.0547 e. The van der Waals surface area contributed by atoms with Crippen molar-refractivity contribution in [3.63, 3.8) is 0 Å². The van der Waals surface area contributed by atoms with E-state index in [-0.39, 0.29) is 0 Å². The van der Waals surface area contributed by atoms with Crippen LogP contribution in [0.3, 0.4) is 0 Å². The molecule has 0 atom stereocenters. The number of anilines is 3. The van der Waals surface area contributed by atoms with Crippen molar-refractivity contribution >= 4 is 82.0 Å². The topological polar surface area (TPSA) is 8.17 Å². The molecule has 0 saturated heterocycles. The van der Waals surface area contributed by atoms with E-state index in [9.17, 15) is 0 Å². The van der Waals surface area contributed by atoms with Crippen LogP contribution in [0.25, 0.3) is 104 Å². The highest BCUT2D eigenvalue weighted by Crippen LogP contribution is 2.47. The van der Waals surface area contributed by atoms with Crippen molar-refractivity contribution in [1.29, 1.82) is 0 Å². The number of rotatable bonds is 7. The van der Waals surface area contributed by atoms with Gasteiger partial charge in [-0.3, -0.25) is 0 Å². The lowest BCUT2D eigenvalue weighted by Gasteiger charge is -2.30. The zero-order valence-electron chi connectivity index (χ0n) is 36.1. The van der Waals surface area contributed by atoms with Crippen LogP contribution in [-0.2, 0) is 0 Å². The fraction of sp³-hybridized carbons (Fsp3) is 0. The smallest absolute Gasteiger partial charge is 0.0547 e. The Labute approximate surface area is 383 Å². The number of fused-ring (bicyclic) bond motifs is 9. The molecular formula is C64H42N2. The number of para-hydroxylation sites is 3. The van der Waals surface area contributed by atoms with Crippen LogP contribution >= 0.6 is 0 Å². The van der Waals surface area contributed by atoms with Crippen LogP contribution in [0.2, 0.25) is 0 Å². The van der Waals surface area contributed by atoms with Crippen LogP contribution in [0.15, 0.2) is 255 Å². The third-order valence-electron chi connectivity index (χ3n) is 13.5. The third kappa shape index (κ3) is 6.11. The Bertz CT molecular complexity index is 3990. The number of nitrogens with zero attached hydrogens (tertiary/aromatic N) is 2. The zero-order chi connectivity index (χ0) is 43.6. The summed E-state index contributed by atoms with van der Waals surface area (Å²) in [5, 5.41) is 12.4. The average Bonchev–Trinajstić information content (AvgIpc) is 3.74. The minimum Gasteiger partial charge on any atom is -0.309 e. The van der Waals surface area contributed by atoms with E-state index in [1.165, 1.54) is 87.1 Å². The van der Waals surface area contributed by atoms with Crippen molar-refractivity contribution in [2.45, 2.75) is 0 Å². The molecule has 0 aliphatic carbocycles. The van der Waals surface area contributed by atoms with E-state index in [1.807, 2.05) is 0 Å². The van der Waals surface area contributed by atoms with Crippen LogP contribution in [0.1, 0.15) is 0 Å². The molecule has 13 aromatic rings. The van der Waals surface area contributed by atoms with E-state index >= 15 is 0 Å². The summed E-state index contributed by atoms with van der Waals surface area (Å²) in [6, 6.07) is 93.3. The fourth-order valence-corrected chi connectivity index (χ4v) is 10.6.